The predicted molar refractivity (Wildman–Crippen MR) is 157 cm³/mol. The van der Waals surface area contributed by atoms with Crippen molar-refractivity contribution in [3.05, 3.63) is 92.4 Å². The minimum absolute atomic E-state index is 0.0233. The zero-order valence-corrected chi connectivity index (χ0v) is 25.2. The lowest BCUT2D eigenvalue weighted by molar-refractivity contribution is -0.139. The van der Waals surface area contributed by atoms with Gasteiger partial charge in [-0.05, 0) is 62.7 Å². The van der Waals surface area contributed by atoms with Gasteiger partial charge in [-0.1, -0.05) is 76.7 Å². The van der Waals surface area contributed by atoms with Gasteiger partial charge in [0.1, 0.15) is 12.6 Å². The summed E-state index contributed by atoms with van der Waals surface area (Å²) < 4.78 is 28.5. The molecule has 1 atom stereocenters. The fourth-order valence-corrected chi connectivity index (χ4v) is 5.96. The van der Waals surface area contributed by atoms with Gasteiger partial charge in [-0.25, -0.2) is 8.42 Å². The minimum Gasteiger partial charge on any atom is -0.352 e. The monoisotopic (exact) mass is 629 g/mol. The van der Waals surface area contributed by atoms with Gasteiger partial charge in [0.05, 0.1) is 30.7 Å². The van der Waals surface area contributed by atoms with Gasteiger partial charge in [-0.15, -0.1) is 0 Å². The van der Waals surface area contributed by atoms with Gasteiger partial charge in [0.2, 0.25) is 11.8 Å². The summed E-state index contributed by atoms with van der Waals surface area (Å²) in [6, 6.07) is 15.9. The van der Waals surface area contributed by atoms with Crippen LogP contribution in [0.3, 0.4) is 0 Å². The average molecular weight is 631 g/mol. The van der Waals surface area contributed by atoms with Crippen LogP contribution in [0.15, 0.2) is 71.6 Å². The number of nitrogens with zero attached hydrogens (tertiary/aromatic N) is 2. The first-order chi connectivity index (χ1) is 18.3. The molecule has 3 aromatic carbocycles. The molecule has 0 spiro atoms. The maximum atomic E-state index is 13.9. The number of carbonyl (C=O) groups excluding carboxylic acids is 2. The van der Waals surface area contributed by atoms with Crippen molar-refractivity contribution in [2.45, 2.75) is 44.3 Å². The van der Waals surface area contributed by atoms with E-state index in [2.05, 4.69) is 5.32 Å². The van der Waals surface area contributed by atoms with Crippen molar-refractivity contribution in [3.63, 3.8) is 0 Å². The molecule has 0 unspecified atom stereocenters. The fourth-order valence-electron chi connectivity index (χ4n) is 3.74. The number of amides is 2. The summed E-state index contributed by atoms with van der Waals surface area (Å²) in [5.41, 5.74) is 0.621. The summed E-state index contributed by atoms with van der Waals surface area (Å²) in [5, 5.41) is 3.49. The molecule has 7 nitrogen and oxygen atoms in total. The maximum absolute atomic E-state index is 13.9. The van der Waals surface area contributed by atoms with Crippen LogP contribution in [-0.4, -0.2) is 43.8 Å². The van der Waals surface area contributed by atoms with Crippen LogP contribution < -0.4 is 9.62 Å². The van der Waals surface area contributed by atoms with Crippen LogP contribution in [0.2, 0.25) is 20.1 Å². The van der Waals surface area contributed by atoms with Gasteiger partial charge in [0.25, 0.3) is 10.0 Å². The van der Waals surface area contributed by atoms with Crippen molar-refractivity contribution in [2.75, 3.05) is 10.8 Å². The van der Waals surface area contributed by atoms with E-state index in [-0.39, 0.29) is 38.2 Å². The molecule has 0 aromatic heterocycles. The van der Waals surface area contributed by atoms with E-state index in [1.54, 1.807) is 57.2 Å². The highest BCUT2D eigenvalue weighted by molar-refractivity contribution is 7.92. The number of benzene rings is 3. The highest BCUT2D eigenvalue weighted by atomic mass is 35.5. The van der Waals surface area contributed by atoms with Gasteiger partial charge in [-0.2, -0.15) is 0 Å². The van der Waals surface area contributed by atoms with Crippen molar-refractivity contribution in [1.29, 1.82) is 0 Å². The highest BCUT2D eigenvalue weighted by Gasteiger charge is 2.33. The van der Waals surface area contributed by atoms with Gasteiger partial charge >= 0.3 is 0 Å². The first-order valence-corrected chi connectivity index (χ1v) is 14.8. The third-order valence-corrected chi connectivity index (χ3v) is 9.07. The second kappa shape index (κ2) is 13.2. The van der Waals surface area contributed by atoms with Crippen molar-refractivity contribution >= 4 is 73.9 Å². The molecule has 208 valence electrons. The van der Waals surface area contributed by atoms with Gasteiger partial charge in [0.15, 0.2) is 0 Å². The predicted octanol–water partition coefficient (Wildman–Crippen LogP) is 6.44. The lowest BCUT2D eigenvalue weighted by atomic mass is 10.1. The van der Waals surface area contributed by atoms with E-state index in [1.807, 2.05) is 0 Å². The van der Waals surface area contributed by atoms with Crippen LogP contribution in [0.25, 0.3) is 0 Å². The van der Waals surface area contributed by atoms with Crippen LogP contribution in [0.5, 0.6) is 0 Å². The molecule has 3 rings (SSSR count). The van der Waals surface area contributed by atoms with Crippen LogP contribution in [0.1, 0.15) is 26.3 Å². The molecule has 1 N–H and O–H groups in total. The Hall–Kier alpha value is -2.49. The molecule has 0 aliphatic rings. The molecule has 0 saturated heterocycles. The molecule has 39 heavy (non-hydrogen) atoms. The number of anilines is 1. The Morgan fingerprint density at radius 3 is 2.13 bits per heavy atom. The number of halogens is 4. The van der Waals surface area contributed by atoms with Crippen LogP contribution in [-0.2, 0) is 26.2 Å². The molecule has 2 amide bonds. The SMILES string of the molecule is CC(C)NC(=O)[C@H](C)N(Cc1ccc(Cl)c(Cl)c1)C(=O)CN(c1cccc(Cl)c1Cl)S(=O)(=O)c1ccccc1. The van der Waals surface area contributed by atoms with Gasteiger partial charge in [0, 0.05) is 12.6 Å². The van der Waals surface area contributed by atoms with E-state index in [0.29, 0.717) is 10.6 Å². The highest BCUT2D eigenvalue weighted by Crippen LogP contribution is 2.35. The first-order valence-electron chi connectivity index (χ1n) is 11.9. The van der Waals surface area contributed by atoms with E-state index in [0.717, 1.165) is 4.31 Å². The average Bonchev–Trinajstić information content (AvgIpc) is 2.89. The minimum atomic E-state index is -4.27. The molecule has 0 heterocycles. The van der Waals surface area contributed by atoms with E-state index in [9.17, 15) is 18.0 Å². The molecule has 0 aliphatic carbocycles. The maximum Gasteiger partial charge on any atom is 0.264 e. The van der Waals surface area contributed by atoms with Crippen molar-refractivity contribution in [2.24, 2.45) is 0 Å². The summed E-state index contributed by atoms with van der Waals surface area (Å²) >= 11 is 24.9. The number of carbonyl (C=O) groups is 2. The summed E-state index contributed by atoms with van der Waals surface area (Å²) in [5.74, 6) is -1.06. The van der Waals surface area contributed by atoms with Crippen LogP contribution in [0, 0.1) is 0 Å². The molecule has 0 radical (unpaired) electrons. The van der Waals surface area contributed by atoms with Gasteiger partial charge < -0.3 is 10.2 Å². The van der Waals surface area contributed by atoms with E-state index in [4.69, 9.17) is 46.4 Å². The molecule has 12 heteroatoms. The number of hydrogen-bond donors (Lipinski definition) is 1. The Morgan fingerprint density at radius 2 is 1.51 bits per heavy atom. The zero-order chi connectivity index (χ0) is 28.9. The molecule has 0 bridgehead atoms. The largest absolute Gasteiger partial charge is 0.352 e. The number of sulfonamides is 1. The number of rotatable bonds is 10. The lowest BCUT2D eigenvalue weighted by Gasteiger charge is -2.32. The molecule has 3 aromatic rings. The molecule has 0 aliphatic heterocycles. The van der Waals surface area contributed by atoms with Gasteiger partial charge in [-0.3, -0.25) is 13.9 Å². The summed E-state index contributed by atoms with van der Waals surface area (Å²) in [7, 11) is -4.27. The summed E-state index contributed by atoms with van der Waals surface area (Å²) in [4.78, 5) is 28.1. The third-order valence-electron chi connectivity index (χ3n) is 5.75. The molecular weight excluding hydrogens is 604 g/mol. The molecular formula is C27H27Cl4N3O4S. The van der Waals surface area contributed by atoms with E-state index < -0.39 is 34.4 Å². The van der Waals surface area contributed by atoms with Crippen molar-refractivity contribution in [3.8, 4) is 0 Å². The van der Waals surface area contributed by atoms with E-state index >= 15 is 0 Å². The standard InChI is InChI=1S/C27H27Cl4N3O4S/c1-17(2)32-27(36)18(3)33(15-19-12-13-21(28)23(30)14-19)25(35)16-34(24-11-7-10-22(29)26(24)31)39(37,38)20-8-5-4-6-9-20/h4-14,17-18H,15-16H2,1-3H3,(H,32,36)/t18-/m0/s1. The Bertz CT molecular complexity index is 1450. The van der Waals surface area contributed by atoms with Crippen LogP contribution in [0.4, 0.5) is 5.69 Å². The second-order valence-electron chi connectivity index (χ2n) is 9.01. The van der Waals surface area contributed by atoms with Crippen molar-refractivity contribution < 1.29 is 18.0 Å². The topological polar surface area (TPSA) is 86.8 Å². The number of hydrogen-bond acceptors (Lipinski definition) is 4. The quantitative estimate of drug-likeness (QED) is 0.279. The Kier molecular flexibility index (Phi) is 10.5. The third kappa shape index (κ3) is 7.58. The lowest BCUT2D eigenvalue weighted by Crippen LogP contribution is -2.52. The zero-order valence-electron chi connectivity index (χ0n) is 21.4. The fraction of sp³-hybridized carbons (Fsp3) is 0.259. The van der Waals surface area contributed by atoms with Crippen molar-refractivity contribution in [1.82, 2.24) is 10.2 Å². The number of nitrogens with one attached hydrogen (secondary N) is 1. The smallest absolute Gasteiger partial charge is 0.264 e. The second-order valence-corrected chi connectivity index (χ2v) is 12.5. The van der Waals surface area contributed by atoms with E-state index in [1.165, 1.54) is 35.2 Å². The Labute approximate surface area is 248 Å². The Balaban J connectivity index is 2.08. The molecule has 0 saturated carbocycles. The molecule has 0 fully saturated rings. The summed E-state index contributed by atoms with van der Waals surface area (Å²) in [6.07, 6.45) is 0. The Morgan fingerprint density at radius 1 is 0.846 bits per heavy atom. The first kappa shape index (κ1) is 31.0. The summed E-state index contributed by atoms with van der Waals surface area (Å²) in [6.45, 7) is 4.47. The van der Waals surface area contributed by atoms with Crippen LogP contribution >= 0.6 is 46.4 Å². The normalized spacial score (nSPS) is 12.2.